The van der Waals surface area contributed by atoms with E-state index in [9.17, 15) is 4.39 Å². The number of benzene rings is 2. The van der Waals surface area contributed by atoms with Gasteiger partial charge in [-0.05, 0) is 38.1 Å². The molecule has 0 saturated carbocycles. The Balaban J connectivity index is 1.77. The van der Waals surface area contributed by atoms with Gasteiger partial charge < -0.3 is 4.52 Å². The second-order valence-electron chi connectivity index (χ2n) is 6.17. The topological polar surface area (TPSA) is 56.7 Å². The van der Waals surface area contributed by atoms with Crippen molar-refractivity contribution in [2.24, 2.45) is 0 Å². The van der Waals surface area contributed by atoms with Crippen molar-refractivity contribution < 1.29 is 8.91 Å². The number of halogens is 1. The minimum atomic E-state index is -0.332. The van der Waals surface area contributed by atoms with Crippen LogP contribution in [0.15, 0.2) is 64.3 Å². The monoisotopic (exact) mass is 380 g/mol. The predicted octanol–water partition coefficient (Wildman–Crippen LogP) is 4.97. The van der Waals surface area contributed by atoms with Gasteiger partial charge in [0.15, 0.2) is 11.0 Å². The predicted molar refractivity (Wildman–Crippen MR) is 102 cm³/mol. The van der Waals surface area contributed by atoms with Crippen LogP contribution in [0, 0.1) is 19.7 Å². The molecule has 4 aromatic rings. The molecule has 2 aromatic heterocycles. The van der Waals surface area contributed by atoms with Crippen molar-refractivity contribution in [3.05, 3.63) is 77.4 Å². The molecule has 0 radical (unpaired) electrons. The van der Waals surface area contributed by atoms with Crippen LogP contribution in [0.5, 0.6) is 0 Å². The number of nitrogens with zero attached hydrogens (tertiary/aromatic N) is 4. The van der Waals surface area contributed by atoms with Crippen molar-refractivity contribution in [1.82, 2.24) is 19.9 Å². The maximum absolute atomic E-state index is 14.4. The maximum atomic E-state index is 14.4. The third kappa shape index (κ3) is 3.64. The highest BCUT2D eigenvalue weighted by Gasteiger charge is 2.19. The number of thioether (sulfide) groups is 1. The van der Waals surface area contributed by atoms with E-state index in [1.54, 1.807) is 18.2 Å². The van der Waals surface area contributed by atoms with Crippen LogP contribution in [0.1, 0.15) is 17.0 Å². The smallest absolute Gasteiger partial charge is 0.196 e. The number of hydrogen-bond donors (Lipinski definition) is 0. The minimum absolute atomic E-state index is 0.332. The van der Waals surface area contributed by atoms with Gasteiger partial charge in [-0.2, -0.15) is 0 Å². The Morgan fingerprint density at radius 1 is 1.04 bits per heavy atom. The molecule has 4 rings (SSSR count). The van der Waals surface area contributed by atoms with Crippen molar-refractivity contribution in [2.45, 2.75) is 24.8 Å². The second kappa shape index (κ2) is 7.36. The lowest BCUT2D eigenvalue weighted by Gasteiger charge is -2.11. The van der Waals surface area contributed by atoms with Crippen LogP contribution >= 0.6 is 11.8 Å². The van der Waals surface area contributed by atoms with Gasteiger partial charge in [0.25, 0.3) is 0 Å². The molecule has 0 saturated heterocycles. The van der Waals surface area contributed by atoms with Crippen LogP contribution in [0.2, 0.25) is 0 Å². The molecule has 0 atom stereocenters. The van der Waals surface area contributed by atoms with E-state index in [1.165, 1.54) is 17.8 Å². The van der Waals surface area contributed by atoms with Gasteiger partial charge in [-0.25, -0.2) is 4.39 Å². The van der Waals surface area contributed by atoms with Gasteiger partial charge in [-0.3, -0.25) is 4.57 Å². The largest absolute Gasteiger partial charge is 0.361 e. The van der Waals surface area contributed by atoms with Gasteiger partial charge in [0.1, 0.15) is 11.6 Å². The molecule has 5 nitrogen and oxygen atoms in total. The molecule has 136 valence electrons. The van der Waals surface area contributed by atoms with Crippen molar-refractivity contribution in [3.8, 4) is 17.1 Å². The van der Waals surface area contributed by atoms with E-state index >= 15 is 0 Å². The molecule has 0 unspecified atom stereocenters. The summed E-state index contributed by atoms with van der Waals surface area (Å²) in [5.41, 5.74) is 3.26. The lowest BCUT2D eigenvalue weighted by atomic mass is 10.2. The Morgan fingerprint density at radius 3 is 2.52 bits per heavy atom. The number of hydrogen-bond acceptors (Lipinski definition) is 5. The van der Waals surface area contributed by atoms with Crippen LogP contribution in [0.4, 0.5) is 4.39 Å². The van der Waals surface area contributed by atoms with E-state index in [0.29, 0.717) is 22.3 Å². The fourth-order valence-electron chi connectivity index (χ4n) is 2.73. The lowest BCUT2D eigenvalue weighted by Crippen LogP contribution is -2.01. The Morgan fingerprint density at radius 2 is 1.81 bits per heavy atom. The van der Waals surface area contributed by atoms with Crippen LogP contribution in [0.25, 0.3) is 17.1 Å². The van der Waals surface area contributed by atoms with Crippen LogP contribution in [-0.2, 0) is 5.75 Å². The zero-order chi connectivity index (χ0) is 18.8. The molecular formula is C20H17FN4OS. The zero-order valence-corrected chi connectivity index (χ0v) is 15.7. The Bertz CT molecular complexity index is 1070. The van der Waals surface area contributed by atoms with Crippen LogP contribution in [-0.4, -0.2) is 19.9 Å². The summed E-state index contributed by atoms with van der Waals surface area (Å²) in [7, 11) is 0. The van der Waals surface area contributed by atoms with E-state index < -0.39 is 0 Å². The highest BCUT2D eigenvalue weighted by atomic mass is 32.2. The standard InChI is InChI=1S/C20H17FN4OS/c1-13-7-9-16(10-8-13)25-19(17-5-3-4-6-18(17)21)22-23-20(25)27-12-15-11-14(2)26-24-15/h3-11H,12H2,1-2H3. The first kappa shape index (κ1) is 17.5. The van der Waals surface area contributed by atoms with Gasteiger partial charge in [0, 0.05) is 17.5 Å². The van der Waals surface area contributed by atoms with Gasteiger partial charge in [0.2, 0.25) is 0 Å². The first-order chi connectivity index (χ1) is 13.1. The molecule has 0 spiro atoms. The van der Waals surface area contributed by atoms with Crippen molar-refractivity contribution >= 4 is 11.8 Å². The molecule has 0 aliphatic heterocycles. The minimum Gasteiger partial charge on any atom is -0.361 e. The molecular weight excluding hydrogens is 363 g/mol. The van der Waals surface area contributed by atoms with E-state index in [2.05, 4.69) is 15.4 Å². The first-order valence-electron chi connectivity index (χ1n) is 8.44. The van der Waals surface area contributed by atoms with E-state index in [0.717, 1.165) is 22.7 Å². The molecule has 2 aromatic carbocycles. The molecule has 27 heavy (non-hydrogen) atoms. The summed E-state index contributed by atoms with van der Waals surface area (Å²) in [6.07, 6.45) is 0. The first-order valence-corrected chi connectivity index (χ1v) is 9.43. The quantitative estimate of drug-likeness (QED) is 0.458. The Labute approximate surface area is 160 Å². The third-order valence-electron chi connectivity index (χ3n) is 4.07. The fourth-order valence-corrected chi connectivity index (χ4v) is 3.56. The Kier molecular flexibility index (Phi) is 4.77. The van der Waals surface area contributed by atoms with Gasteiger partial charge in [0.05, 0.1) is 11.3 Å². The van der Waals surface area contributed by atoms with Crippen LogP contribution < -0.4 is 0 Å². The van der Waals surface area contributed by atoms with Gasteiger partial charge >= 0.3 is 0 Å². The van der Waals surface area contributed by atoms with Gasteiger partial charge in [-0.1, -0.05) is 46.7 Å². The normalized spacial score (nSPS) is 11.1. The molecule has 0 aliphatic rings. The summed E-state index contributed by atoms with van der Waals surface area (Å²) in [5.74, 6) is 1.48. The van der Waals surface area contributed by atoms with E-state index in [-0.39, 0.29) is 5.82 Å². The Hall–Kier alpha value is -2.93. The van der Waals surface area contributed by atoms with E-state index in [1.807, 2.05) is 48.7 Å². The highest BCUT2D eigenvalue weighted by Crippen LogP contribution is 2.30. The summed E-state index contributed by atoms with van der Waals surface area (Å²) in [6.45, 7) is 3.88. The van der Waals surface area contributed by atoms with Crippen LogP contribution in [0.3, 0.4) is 0 Å². The summed E-state index contributed by atoms with van der Waals surface area (Å²) < 4.78 is 21.4. The molecule has 0 fully saturated rings. The zero-order valence-electron chi connectivity index (χ0n) is 14.9. The molecule has 2 heterocycles. The number of rotatable bonds is 5. The third-order valence-corrected chi connectivity index (χ3v) is 5.03. The maximum Gasteiger partial charge on any atom is 0.196 e. The molecule has 7 heteroatoms. The molecule has 0 amide bonds. The summed E-state index contributed by atoms with van der Waals surface area (Å²) >= 11 is 1.48. The molecule has 0 N–H and O–H groups in total. The average molecular weight is 380 g/mol. The molecule has 0 aliphatic carbocycles. The highest BCUT2D eigenvalue weighted by molar-refractivity contribution is 7.98. The fraction of sp³-hybridized carbons (Fsp3) is 0.150. The summed E-state index contributed by atoms with van der Waals surface area (Å²) in [4.78, 5) is 0. The SMILES string of the molecule is Cc1ccc(-n2c(SCc3cc(C)on3)nnc2-c2ccccc2F)cc1. The van der Waals surface area contributed by atoms with Gasteiger partial charge in [-0.15, -0.1) is 10.2 Å². The van der Waals surface area contributed by atoms with E-state index in [4.69, 9.17) is 4.52 Å². The second-order valence-corrected chi connectivity index (χ2v) is 7.12. The molecule has 0 bridgehead atoms. The van der Waals surface area contributed by atoms with Crippen molar-refractivity contribution in [1.29, 1.82) is 0 Å². The number of aromatic nitrogens is 4. The average Bonchev–Trinajstić information content (AvgIpc) is 3.27. The number of aryl methyl sites for hydroxylation is 2. The van der Waals surface area contributed by atoms with Crippen molar-refractivity contribution in [3.63, 3.8) is 0 Å². The summed E-state index contributed by atoms with van der Waals surface area (Å²) in [5, 5.41) is 13.3. The summed E-state index contributed by atoms with van der Waals surface area (Å²) in [6, 6.07) is 16.4. The van der Waals surface area contributed by atoms with Crippen molar-refractivity contribution in [2.75, 3.05) is 0 Å². The lowest BCUT2D eigenvalue weighted by molar-refractivity contribution is 0.393.